The lowest BCUT2D eigenvalue weighted by molar-refractivity contribution is -0.173. The number of nitrogens with zero attached hydrogens (tertiary/aromatic N) is 2. The van der Waals surface area contributed by atoms with Crippen LogP contribution < -0.4 is 10.6 Å². The molecule has 31 heavy (non-hydrogen) atoms. The smallest absolute Gasteiger partial charge is 0.363 e. The fraction of sp³-hybridized carbons (Fsp3) is 0.200. The van der Waals surface area contributed by atoms with Crippen LogP contribution >= 0.6 is 34.8 Å². The Morgan fingerprint density at radius 1 is 1.06 bits per heavy atom. The van der Waals surface area contributed by atoms with Crippen molar-refractivity contribution in [3.63, 3.8) is 0 Å². The first kappa shape index (κ1) is 21.8. The van der Waals surface area contributed by atoms with Crippen LogP contribution in [0.2, 0.25) is 15.1 Å². The SMILES string of the molecule is O=C(Nc1ccc(Cl)cc1Cl)c1cc2n(n1)[C@H](C(F)(F)F)C[C@H](c1ccc(Cl)cc1)N2. The van der Waals surface area contributed by atoms with Crippen LogP contribution in [0.25, 0.3) is 0 Å². The lowest BCUT2D eigenvalue weighted by atomic mass is 9.97. The van der Waals surface area contributed by atoms with Crippen LogP contribution in [0.3, 0.4) is 0 Å². The molecule has 2 atom stereocenters. The molecule has 11 heteroatoms. The van der Waals surface area contributed by atoms with Crippen molar-refractivity contribution in [2.24, 2.45) is 0 Å². The third-order valence-corrected chi connectivity index (χ3v) is 5.67. The third kappa shape index (κ3) is 4.61. The number of benzene rings is 2. The highest BCUT2D eigenvalue weighted by Crippen LogP contribution is 2.43. The highest BCUT2D eigenvalue weighted by molar-refractivity contribution is 6.36. The Labute approximate surface area is 190 Å². The number of hydrogen-bond acceptors (Lipinski definition) is 3. The zero-order valence-electron chi connectivity index (χ0n) is 15.6. The minimum absolute atomic E-state index is 0.0841. The second-order valence-electron chi connectivity index (χ2n) is 6.98. The molecule has 0 unspecified atom stereocenters. The number of rotatable bonds is 3. The molecule has 0 saturated carbocycles. The summed E-state index contributed by atoms with van der Waals surface area (Å²) in [6.45, 7) is 0. The van der Waals surface area contributed by atoms with Crippen molar-refractivity contribution in [1.29, 1.82) is 0 Å². The lowest BCUT2D eigenvalue weighted by Gasteiger charge is -2.33. The first-order valence-corrected chi connectivity index (χ1v) is 10.2. The van der Waals surface area contributed by atoms with E-state index in [1.54, 1.807) is 24.3 Å². The molecule has 2 N–H and O–H groups in total. The number of amides is 1. The molecule has 0 aliphatic carbocycles. The van der Waals surface area contributed by atoms with Crippen LogP contribution in [0.1, 0.15) is 34.6 Å². The Morgan fingerprint density at radius 3 is 2.39 bits per heavy atom. The van der Waals surface area contributed by atoms with E-state index in [1.807, 2.05) is 0 Å². The molecule has 0 fully saturated rings. The van der Waals surface area contributed by atoms with Gasteiger partial charge in [-0.1, -0.05) is 46.9 Å². The van der Waals surface area contributed by atoms with E-state index < -0.39 is 24.2 Å². The van der Waals surface area contributed by atoms with Gasteiger partial charge in [-0.2, -0.15) is 18.3 Å². The summed E-state index contributed by atoms with van der Waals surface area (Å²) in [4.78, 5) is 12.6. The van der Waals surface area contributed by atoms with Crippen molar-refractivity contribution in [1.82, 2.24) is 9.78 Å². The second-order valence-corrected chi connectivity index (χ2v) is 8.26. The maximum Gasteiger partial charge on any atom is 0.410 e. The number of aromatic nitrogens is 2. The number of carbonyl (C=O) groups is 1. The molecule has 1 aliphatic heterocycles. The van der Waals surface area contributed by atoms with Gasteiger partial charge in [0.2, 0.25) is 0 Å². The van der Waals surface area contributed by atoms with Gasteiger partial charge in [-0.05, 0) is 35.9 Å². The molecule has 1 amide bonds. The predicted molar refractivity (Wildman–Crippen MR) is 114 cm³/mol. The molecule has 2 heterocycles. The molecule has 162 valence electrons. The van der Waals surface area contributed by atoms with Crippen molar-refractivity contribution in [3.05, 3.63) is 74.9 Å². The number of anilines is 2. The summed E-state index contributed by atoms with van der Waals surface area (Å²) in [5.41, 5.74) is 0.728. The quantitative estimate of drug-likeness (QED) is 0.427. The number of hydrogen-bond donors (Lipinski definition) is 2. The average molecular weight is 490 g/mol. The van der Waals surface area contributed by atoms with Crippen LogP contribution in [-0.2, 0) is 0 Å². The van der Waals surface area contributed by atoms with E-state index in [0.29, 0.717) is 15.6 Å². The maximum absolute atomic E-state index is 13.8. The van der Waals surface area contributed by atoms with E-state index in [1.165, 1.54) is 24.3 Å². The fourth-order valence-corrected chi connectivity index (χ4v) is 3.96. The lowest BCUT2D eigenvalue weighted by Crippen LogP contribution is -2.35. The number of fused-ring (bicyclic) bond motifs is 1. The van der Waals surface area contributed by atoms with Crippen LogP contribution in [0.15, 0.2) is 48.5 Å². The van der Waals surface area contributed by atoms with E-state index in [0.717, 1.165) is 4.68 Å². The van der Waals surface area contributed by atoms with E-state index in [4.69, 9.17) is 34.8 Å². The molecule has 1 aromatic heterocycles. The van der Waals surface area contributed by atoms with E-state index >= 15 is 0 Å². The van der Waals surface area contributed by atoms with Crippen molar-refractivity contribution < 1.29 is 18.0 Å². The van der Waals surface area contributed by atoms with Crippen molar-refractivity contribution >= 4 is 52.2 Å². The van der Waals surface area contributed by atoms with Gasteiger partial charge in [0.15, 0.2) is 11.7 Å². The summed E-state index contributed by atoms with van der Waals surface area (Å²) in [5.74, 6) is -0.613. The molecule has 0 spiro atoms. The summed E-state index contributed by atoms with van der Waals surface area (Å²) in [6, 6.07) is 9.76. The van der Waals surface area contributed by atoms with Crippen LogP contribution in [-0.4, -0.2) is 21.9 Å². The van der Waals surface area contributed by atoms with Gasteiger partial charge >= 0.3 is 6.18 Å². The number of alkyl halides is 3. The van der Waals surface area contributed by atoms with Gasteiger partial charge in [0, 0.05) is 22.5 Å². The van der Waals surface area contributed by atoms with Crippen LogP contribution in [0.5, 0.6) is 0 Å². The number of nitrogens with one attached hydrogen (secondary N) is 2. The molecule has 4 rings (SSSR count). The molecule has 3 aromatic rings. The molecule has 0 radical (unpaired) electrons. The Balaban J connectivity index is 1.64. The van der Waals surface area contributed by atoms with Gasteiger partial charge in [0.1, 0.15) is 5.82 Å². The van der Waals surface area contributed by atoms with Crippen molar-refractivity contribution in [3.8, 4) is 0 Å². The summed E-state index contributed by atoms with van der Waals surface area (Å²) in [7, 11) is 0. The maximum atomic E-state index is 13.8. The normalized spacial score (nSPS) is 18.3. The monoisotopic (exact) mass is 488 g/mol. The minimum Gasteiger partial charge on any atom is -0.363 e. The van der Waals surface area contributed by atoms with Gasteiger partial charge in [-0.3, -0.25) is 4.79 Å². The van der Waals surface area contributed by atoms with Crippen molar-refractivity contribution in [2.75, 3.05) is 10.6 Å². The van der Waals surface area contributed by atoms with Gasteiger partial charge in [0.05, 0.1) is 16.8 Å². The Kier molecular flexibility index (Phi) is 5.81. The molecule has 1 aliphatic rings. The van der Waals surface area contributed by atoms with E-state index in [-0.39, 0.29) is 28.6 Å². The van der Waals surface area contributed by atoms with Gasteiger partial charge in [-0.25, -0.2) is 4.68 Å². The highest BCUT2D eigenvalue weighted by atomic mass is 35.5. The molecular weight excluding hydrogens is 476 g/mol. The second kappa shape index (κ2) is 8.26. The van der Waals surface area contributed by atoms with Gasteiger partial charge in [-0.15, -0.1) is 0 Å². The number of carbonyl (C=O) groups excluding carboxylic acids is 1. The fourth-order valence-electron chi connectivity index (χ4n) is 3.38. The highest BCUT2D eigenvalue weighted by Gasteiger charge is 2.46. The topological polar surface area (TPSA) is 59.0 Å². The zero-order chi connectivity index (χ0) is 22.3. The van der Waals surface area contributed by atoms with Crippen molar-refractivity contribution in [2.45, 2.75) is 24.7 Å². The van der Waals surface area contributed by atoms with Gasteiger partial charge < -0.3 is 10.6 Å². The first-order chi connectivity index (χ1) is 14.6. The van der Waals surface area contributed by atoms with Gasteiger partial charge in [0.25, 0.3) is 5.91 Å². The Bertz CT molecular complexity index is 1130. The zero-order valence-corrected chi connectivity index (χ0v) is 17.8. The standard InChI is InChI=1S/C20H14Cl3F3N4O/c21-11-3-1-10(2-4-11)15-8-17(20(24,25)26)30-18(27-15)9-16(29-30)19(31)28-14-6-5-12(22)7-13(14)23/h1-7,9,15,17,27H,8H2,(H,28,31)/t15-,17+/m1/s1. The molecular formula is C20H14Cl3F3N4O. The first-order valence-electron chi connectivity index (χ1n) is 9.06. The number of halogens is 6. The van der Waals surface area contributed by atoms with E-state index in [2.05, 4.69) is 15.7 Å². The van der Waals surface area contributed by atoms with Crippen LogP contribution in [0.4, 0.5) is 24.7 Å². The van der Waals surface area contributed by atoms with E-state index in [9.17, 15) is 18.0 Å². The van der Waals surface area contributed by atoms with Crippen LogP contribution in [0, 0.1) is 0 Å². The third-order valence-electron chi connectivity index (χ3n) is 4.87. The Hall–Kier alpha value is -2.42. The molecule has 5 nitrogen and oxygen atoms in total. The Morgan fingerprint density at radius 2 is 1.74 bits per heavy atom. The minimum atomic E-state index is -4.55. The molecule has 0 saturated heterocycles. The molecule has 2 aromatic carbocycles. The summed E-state index contributed by atoms with van der Waals surface area (Å²) in [6.07, 6.45) is -4.84. The predicted octanol–water partition coefficient (Wildman–Crippen LogP) is 6.76. The molecule has 0 bridgehead atoms. The summed E-state index contributed by atoms with van der Waals surface area (Å²) in [5, 5.41) is 10.5. The summed E-state index contributed by atoms with van der Waals surface area (Å²) < 4.78 is 42.1. The summed E-state index contributed by atoms with van der Waals surface area (Å²) >= 11 is 17.8. The largest absolute Gasteiger partial charge is 0.410 e. The average Bonchev–Trinajstić information content (AvgIpc) is 3.13.